The molecule has 1 heterocycles. The van der Waals surface area contributed by atoms with Crippen LogP contribution in [0.2, 0.25) is 0 Å². The van der Waals surface area contributed by atoms with E-state index in [9.17, 15) is 4.79 Å². The molecule has 0 bridgehead atoms. The van der Waals surface area contributed by atoms with Gasteiger partial charge in [0.05, 0.1) is 12.1 Å². The smallest absolute Gasteiger partial charge is 0.257 e. The molecule has 16 heavy (non-hydrogen) atoms. The van der Waals surface area contributed by atoms with Gasteiger partial charge in [-0.15, -0.1) is 13.2 Å². The lowest BCUT2D eigenvalue weighted by Gasteiger charge is -2.17. The van der Waals surface area contributed by atoms with Crippen LogP contribution < -0.4 is 5.73 Å². The van der Waals surface area contributed by atoms with Gasteiger partial charge in [0.25, 0.3) is 5.91 Å². The predicted octanol–water partition coefficient (Wildman–Crippen LogP) is 1.55. The minimum Gasteiger partial charge on any atom is -0.467 e. The molecule has 1 aromatic heterocycles. The first kappa shape index (κ1) is 12.3. The molecule has 0 saturated heterocycles. The summed E-state index contributed by atoms with van der Waals surface area (Å²) >= 11 is 0. The predicted molar refractivity (Wildman–Crippen MR) is 62.9 cm³/mol. The van der Waals surface area contributed by atoms with Gasteiger partial charge in [0.15, 0.2) is 0 Å². The zero-order valence-corrected chi connectivity index (χ0v) is 9.19. The molecule has 4 nitrogen and oxygen atoms in total. The van der Waals surface area contributed by atoms with E-state index in [0.29, 0.717) is 24.4 Å². The maximum absolute atomic E-state index is 12.0. The first-order valence-electron chi connectivity index (χ1n) is 5.01. The van der Waals surface area contributed by atoms with Crippen molar-refractivity contribution >= 4 is 5.91 Å². The number of carbonyl (C=O) groups is 1. The molecule has 0 fully saturated rings. The van der Waals surface area contributed by atoms with Crippen LogP contribution >= 0.6 is 0 Å². The highest BCUT2D eigenvalue weighted by atomic mass is 16.3. The van der Waals surface area contributed by atoms with E-state index in [1.165, 1.54) is 6.26 Å². The number of hydrogen-bond donors (Lipinski definition) is 1. The van der Waals surface area contributed by atoms with Gasteiger partial charge in [-0.05, 0) is 6.07 Å². The Morgan fingerprint density at radius 3 is 2.50 bits per heavy atom. The fourth-order valence-corrected chi connectivity index (χ4v) is 1.33. The van der Waals surface area contributed by atoms with Crippen molar-refractivity contribution in [3.8, 4) is 0 Å². The van der Waals surface area contributed by atoms with Gasteiger partial charge in [-0.25, -0.2) is 0 Å². The van der Waals surface area contributed by atoms with Crippen LogP contribution in [-0.2, 0) is 6.54 Å². The quantitative estimate of drug-likeness (QED) is 0.740. The van der Waals surface area contributed by atoms with Gasteiger partial charge in [0.2, 0.25) is 0 Å². The van der Waals surface area contributed by atoms with Crippen molar-refractivity contribution in [3.05, 3.63) is 49.0 Å². The maximum Gasteiger partial charge on any atom is 0.257 e. The van der Waals surface area contributed by atoms with E-state index in [1.54, 1.807) is 23.1 Å². The fourth-order valence-electron chi connectivity index (χ4n) is 1.33. The van der Waals surface area contributed by atoms with E-state index in [0.717, 1.165) is 0 Å². The van der Waals surface area contributed by atoms with Crippen molar-refractivity contribution in [2.75, 3.05) is 13.1 Å². The molecule has 0 radical (unpaired) electrons. The van der Waals surface area contributed by atoms with Crippen LogP contribution in [0.15, 0.2) is 42.1 Å². The van der Waals surface area contributed by atoms with Crippen LogP contribution in [0.1, 0.15) is 16.1 Å². The fraction of sp³-hybridized carbons (Fsp3) is 0.250. The Balaban J connectivity index is 2.80. The number of hydrogen-bond acceptors (Lipinski definition) is 3. The van der Waals surface area contributed by atoms with E-state index in [4.69, 9.17) is 10.2 Å². The summed E-state index contributed by atoms with van der Waals surface area (Å²) in [5, 5.41) is 0. The summed E-state index contributed by atoms with van der Waals surface area (Å²) in [5.41, 5.74) is 5.91. The summed E-state index contributed by atoms with van der Waals surface area (Å²) in [6, 6.07) is 1.65. The Morgan fingerprint density at radius 1 is 1.44 bits per heavy atom. The SMILES string of the molecule is C=CCN(CC=C)C(=O)c1coc(CN)c1. The zero-order valence-electron chi connectivity index (χ0n) is 9.19. The monoisotopic (exact) mass is 220 g/mol. The lowest BCUT2D eigenvalue weighted by Crippen LogP contribution is -2.30. The van der Waals surface area contributed by atoms with Crippen molar-refractivity contribution in [2.45, 2.75) is 6.54 Å². The molecule has 0 saturated carbocycles. The third-order valence-corrected chi connectivity index (χ3v) is 2.09. The van der Waals surface area contributed by atoms with Crippen LogP contribution in [0.3, 0.4) is 0 Å². The maximum atomic E-state index is 12.0. The Kier molecular flexibility index (Phi) is 4.54. The highest BCUT2D eigenvalue weighted by Gasteiger charge is 2.15. The molecule has 0 aliphatic rings. The average molecular weight is 220 g/mol. The summed E-state index contributed by atoms with van der Waals surface area (Å²) in [4.78, 5) is 13.6. The summed E-state index contributed by atoms with van der Waals surface area (Å²) in [7, 11) is 0. The Labute approximate surface area is 95.0 Å². The number of furan rings is 1. The van der Waals surface area contributed by atoms with Crippen LogP contribution in [-0.4, -0.2) is 23.9 Å². The number of carbonyl (C=O) groups excluding carboxylic acids is 1. The van der Waals surface area contributed by atoms with Crippen molar-refractivity contribution in [3.63, 3.8) is 0 Å². The second kappa shape index (κ2) is 5.92. The van der Waals surface area contributed by atoms with Crippen molar-refractivity contribution < 1.29 is 9.21 Å². The minimum atomic E-state index is -0.108. The van der Waals surface area contributed by atoms with E-state index >= 15 is 0 Å². The third-order valence-electron chi connectivity index (χ3n) is 2.09. The summed E-state index contributed by atoms with van der Waals surface area (Å²) in [6.07, 6.45) is 4.76. The van der Waals surface area contributed by atoms with Crippen molar-refractivity contribution in [1.82, 2.24) is 4.90 Å². The molecular formula is C12H16N2O2. The normalized spacial score (nSPS) is 9.81. The first-order chi connectivity index (χ1) is 7.72. The lowest BCUT2D eigenvalue weighted by atomic mass is 10.2. The first-order valence-corrected chi connectivity index (χ1v) is 5.01. The molecule has 0 unspecified atom stereocenters. The average Bonchev–Trinajstić information content (AvgIpc) is 2.76. The topological polar surface area (TPSA) is 59.5 Å². The number of nitrogens with zero attached hydrogens (tertiary/aromatic N) is 1. The van der Waals surface area contributed by atoms with Crippen LogP contribution in [0, 0.1) is 0 Å². The molecule has 0 atom stereocenters. The van der Waals surface area contributed by atoms with E-state index in [2.05, 4.69) is 13.2 Å². The second-order valence-corrected chi connectivity index (χ2v) is 3.29. The van der Waals surface area contributed by atoms with Crippen LogP contribution in [0.25, 0.3) is 0 Å². The largest absolute Gasteiger partial charge is 0.467 e. The van der Waals surface area contributed by atoms with Gasteiger partial charge >= 0.3 is 0 Å². The molecule has 86 valence electrons. The van der Waals surface area contributed by atoms with Gasteiger partial charge in [0.1, 0.15) is 12.0 Å². The minimum absolute atomic E-state index is 0.108. The Morgan fingerprint density at radius 2 is 2.06 bits per heavy atom. The number of rotatable bonds is 6. The molecule has 1 aromatic rings. The zero-order chi connectivity index (χ0) is 12.0. The molecule has 0 aromatic carbocycles. The highest BCUT2D eigenvalue weighted by molar-refractivity contribution is 5.94. The Bertz CT molecular complexity index is 372. The molecular weight excluding hydrogens is 204 g/mol. The van der Waals surface area contributed by atoms with E-state index in [1.807, 2.05) is 0 Å². The van der Waals surface area contributed by atoms with Crippen LogP contribution in [0.5, 0.6) is 0 Å². The number of amides is 1. The number of nitrogens with two attached hydrogens (primary N) is 1. The molecule has 4 heteroatoms. The summed E-state index contributed by atoms with van der Waals surface area (Å²) in [5.74, 6) is 0.490. The van der Waals surface area contributed by atoms with Gasteiger partial charge in [-0.2, -0.15) is 0 Å². The van der Waals surface area contributed by atoms with E-state index in [-0.39, 0.29) is 12.5 Å². The standard InChI is InChI=1S/C12H16N2O2/c1-3-5-14(6-4-2)12(15)10-7-11(8-13)16-9-10/h3-4,7,9H,1-2,5-6,8,13H2. The van der Waals surface area contributed by atoms with Gasteiger partial charge in [-0.1, -0.05) is 12.2 Å². The molecule has 0 aliphatic carbocycles. The molecule has 0 aliphatic heterocycles. The summed E-state index contributed by atoms with van der Waals surface area (Å²) < 4.78 is 5.12. The molecule has 0 spiro atoms. The lowest BCUT2D eigenvalue weighted by molar-refractivity contribution is 0.0790. The third kappa shape index (κ3) is 2.84. The van der Waals surface area contributed by atoms with Gasteiger partial charge in [-0.3, -0.25) is 4.79 Å². The molecule has 1 rings (SSSR count). The molecule has 2 N–H and O–H groups in total. The second-order valence-electron chi connectivity index (χ2n) is 3.29. The van der Waals surface area contributed by atoms with Crippen molar-refractivity contribution in [2.24, 2.45) is 5.73 Å². The van der Waals surface area contributed by atoms with Gasteiger partial charge < -0.3 is 15.1 Å². The van der Waals surface area contributed by atoms with Crippen molar-refractivity contribution in [1.29, 1.82) is 0 Å². The Hall–Kier alpha value is -1.81. The highest BCUT2D eigenvalue weighted by Crippen LogP contribution is 2.10. The summed E-state index contributed by atoms with van der Waals surface area (Å²) in [6.45, 7) is 8.47. The molecule has 1 amide bonds. The van der Waals surface area contributed by atoms with Crippen LogP contribution in [0.4, 0.5) is 0 Å². The van der Waals surface area contributed by atoms with Gasteiger partial charge in [0, 0.05) is 13.1 Å². The van der Waals surface area contributed by atoms with E-state index < -0.39 is 0 Å².